The average Bonchev–Trinajstić information content (AvgIpc) is 3.20. The van der Waals surface area contributed by atoms with Crippen LogP contribution in [0.1, 0.15) is 86.1 Å². The Balaban J connectivity index is 2.12. The Morgan fingerprint density at radius 3 is 2.55 bits per heavy atom. The van der Waals surface area contributed by atoms with E-state index in [-0.39, 0.29) is 24.5 Å². The fourth-order valence-electron chi connectivity index (χ4n) is 6.13. The molecule has 240 valence electrons. The molecule has 3 rings (SSSR count). The van der Waals surface area contributed by atoms with Gasteiger partial charge in [0.1, 0.15) is 5.60 Å². The Bertz CT molecular complexity index is 1360. The maximum atomic E-state index is 13.2. The molecule has 5 nitrogen and oxygen atoms in total. The number of ether oxygens (including phenoxy) is 1. The predicted octanol–water partition coefficient (Wildman–Crippen LogP) is 9.64. The van der Waals surface area contributed by atoms with E-state index in [0.29, 0.717) is 24.0 Å². The molecule has 1 amide bonds. The molecule has 1 aromatic carbocycles. The van der Waals surface area contributed by atoms with Crippen LogP contribution in [-0.2, 0) is 4.74 Å². The number of rotatable bonds is 10. The minimum absolute atomic E-state index is 0.0980. The van der Waals surface area contributed by atoms with E-state index in [0.717, 1.165) is 71.2 Å². The lowest BCUT2D eigenvalue weighted by molar-refractivity contribution is 0.0221. The Labute approximate surface area is 271 Å². The van der Waals surface area contributed by atoms with Crippen LogP contribution in [0.3, 0.4) is 0 Å². The highest BCUT2D eigenvalue weighted by Gasteiger charge is 2.29. The molecule has 0 saturated heterocycles. The second-order valence-corrected chi connectivity index (χ2v) is 14.2. The van der Waals surface area contributed by atoms with E-state index in [1.165, 1.54) is 5.57 Å². The van der Waals surface area contributed by atoms with Crippen LogP contribution >= 0.6 is 11.6 Å². The summed E-state index contributed by atoms with van der Waals surface area (Å²) in [5.41, 5.74) is 8.05. The molecule has 2 aliphatic carbocycles. The molecule has 1 N–H and O–H groups in total. The predicted molar refractivity (Wildman–Crippen MR) is 186 cm³/mol. The molecule has 0 radical (unpaired) electrons. The second kappa shape index (κ2) is 15.9. The van der Waals surface area contributed by atoms with E-state index in [4.69, 9.17) is 21.3 Å². The molecular weight excluding hydrogens is 568 g/mol. The molecule has 1 unspecified atom stereocenters. The lowest BCUT2D eigenvalue weighted by Crippen LogP contribution is -2.40. The summed E-state index contributed by atoms with van der Waals surface area (Å²) in [6.07, 6.45) is 11.1. The second-order valence-electron chi connectivity index (χ2n) is 13.8. The van der Waals surface area contributed by atoms with Crippen molar-refractivity contribution >= 4 is 29.0 Å². The van der Waals surface area contributed by atoms with E-state index < -0.39 is 5.60 Å². The van der Waals surface area contributed by atoms with E-state index in [9.17, 15) is 9.90 Å². The molecule has 0 saturated carbocycles. The number of benzene rings is 1. The van der Waals surface area contributed by atoms with Gasteiger partial charge < -0.3 is 14.7 Å². The standard InChI is InChI=1S/C38H53ClN2O3/c1-25(2)23-41(37(43)44-38(6,7)8)18-17-27(5)35(26(3)4)36-33(30-14-11-10-13-28(19-30)24-42)21-31(22-34(36)40-9)29-15-12-16-32(39)20-29/h12,14-16,20-22,25,27-28,42H,3,10-11,13,17-19,23-24H2,1-2,4-9H3/b36-35+,40-34-/t27?,28-/m0/s1. The van der Waals surface area contributed by atoms with Crippen molar-refractivity contribution in [3.8, 4) is 0 Å². The van der Waals surface area contributed by atoms with Gasteiger partial charge in [0.25, 0.3) is 0 Å². The fraction of sp³-hybridized carbons (Fsp3) is 0.526. The van der Waals surface area contributed by atoms with Crippen LogP contribution < -0.4 is 0 Å². The molecular formula is C38H53ClN2O3. The number of carbonyl (C=O) groups excluding carboxylic acids is 1. The number of aliphatic hydroxyl groups excluding tert-OH is 1. The van der Waals surface area contributed by atoms with Crippen molar-refractivity contribution in [3.05, 3.63) is 87.5 Å². The van der Waals surface area contributed by atoms with Crippen molar-refractivity contribution in [1.29, 1.82) is 0 Å². The van der Waals surface area contributed by atoms with Crippen molar-refractivity contribution in [3.63, 3.8) is 0 Å². The highest BCUT2D eigenvalue weighted by Crippen LogP contribution is 2.41. The highest BCUT2D eigenvalue weighted by atomic mass is 35.5. The van der Waals surface area contributed by atoms with Gasteiger partial charge in [-0.25, -0.2) is 4.79 Å². The molecule has 6 heteroatoms. The van der Waals surface area contributed by atoms with Crippen LogP contribution in [0, 0.1) is 17.8 Å². The summed E-state index contributed by atoms with van der Waals surface area (Å²) in [5, 5.41) is 10.9. The number of hydrogen-bond donors (Lipinski definition) is 1. The van der Waals surface area contributed by atoms with Crippen LogP contribution in [0.4, 0.5) is 4.79 Å². The molecule has 1 aromatic rings. The number of nitrogens with zero attached hydrogens (tertiary/aromatic N) is 2. The van der Waals surface area contributed by atoms with Crippen molar-refractivity contribution in [1.82, 2.24) is 4.90 Å². The summed E-state index contributed by atoms with van der Waals surface area (Å²) in [4.78, 5) is 19.8. The Morgan fingerprint density at radius 1 is 1.23 bits per heavy atom. The lowest BCUT2D eigenvalue weighted by Gasteiger charge is -2.31. The molecule has 0 spiro atoms. The molecule has 0 bridgehead atoms. The SMILES string of the molecule is C=C(C)/C(=C1/C(C2=CCCC[C@H](CO)C2)=CC(c2cccc(Cl)c2)=C/C1=N/C)C(C)CCN(CC(C)C)C(=O)OC(C)(C)C. The van der Waals surface area contributed by atoms with E-state index in [1.54, 1.807) is 0 Å². The zero-order chi connectivity index (χ0) is 32.6. The molecule has 44 heavy (non-hydrogen) atoms. The quantitative estimate of drug-likeness (QED) is 0.283. The van der Waals surface area contributed by atoms with E-state index in [2.05, 4.69) is 58.6 Å². The molecule has 2 atom stereocenters. The summed E-state index contributed by atoms with van der Waals surface area (Å²) < 4.78 is 5.77. The van der Waals surface area contributed by atoms with Gasteiger partial charge in [-0.1, -0.05) is 62.7 Å². The zero-order valence-electron chi connectivity index (χ0n) is 28.2. The molecule has 2 aliphatic rings. The number of allylic oxidation sites excluding steroid dienone is 9. The van der Waals surface area contributed by atoms with Gasteiger partial charge in [-0.15, -0.1) is 0 Å². The summed E-state index contributed by atoms with van der Waals surface area (Å²) in [5.74, 6) is 0.638. The Morgan fingerprint density at radius 2 is 1.95 bits per heavy atom. The minimum Gasteiger partial charge on any atom is -0.444 e. The maximum Gasteiger partial charge on any atom is 0.410 e. The minimum atomic E-state index is -0.553. The lowest BCUT2D eigenvalue weighted by atomic mass is 9.76. The Hall–Kier alpha value is -2.89. The third-order valence-corrected chi connectivity index (χ3v) is 8.36. The summed E-state index contributed by atoms with van der Waals surface area (Å²) in [7, 11) is 1.84. The van der Waals surface area contributed by atoms with Crippen molar-refractivity contribution in [2.45, 2.75) is 86.2 Å². The number of carbonyl (C=O) groups is 1. The fourth-order valence-corrected chi connectivity index (χ4v) is 6.32. The Kier molecular flexibility index (Phi) is 12.9. The third kappa shape index (κ3) is 9.81. The van der Waals surface area contributed by atoms with Gasteiger partial charge >= 0.3 is 6.09 Å². The largest absolute Gasteiger partial charge is 0.444 e. The van der Waals surface area contributed by atoms with Crippen molar-refractivity contribution in [2.24, 2.45) is 22.7 Å². The summed E-state index contributed by atoms with van der Waals surface area (Å²) in [6, 6.07) is 7.93. The van der Waals surface area contributed by atoms with Gasteiger partial charge in [-0.3, -0.25) is 4.99 Å². The first kappa shape index (κ1) is 35.6. The summed E-state index contributed by atoms with van der Waals surface area (Å²) >= 11 is 6.42. The van der Waals surface area contributed by atoms with Crippen LogP contribution in [0.15, 0.2) is 81.9 Å². The normalized spacial score (nSPS) is 20.4. The number of halogens is 1. The highest BCUT2D eigenvalue weighted by molar-refractivity contribution is 6.30. The van der Waals surface area contributed by atoms with Crippen LogP contribution in [0.5, 0.6) is 0 Å². The van der Waals surface area contributed by atoms with E-state index in [1.807, 2.05) is 50.9 Å². The average molecular weight is 621 g/mol. The van der Waals surface area contributed by atoms with Crippen molar-refractivity contribution < 1.29 is 14.6 Å². The van der Waals surface area contributed by atoms with Gasteiger partial charge in [-0.05, 0) is 130 Å². The van der Waals surface area contributed by atoms with Gasteiger partial charge in [0, 0.05) is 37.3 Å². The van der Waals surface area contributed by atoms with Gasteiger partial charge in [0.2, 0.25) is 0 Å². The maximum absolute atomic E-state index is 13.2. The number of aliphatic hydroxyl groups is 1. The van der Waals surface area contributed by atoms with Crippen LogP contribution in [0.2, 0.25) is 5.02 Å². The zero-order valence-corrected chi connectivity index (χ0v) is 28.9. The van der Waals surface area contributed by atoms with Gasteiger partial charge in [-0.2, -0.15) is 0 Å². The first-order valence-corrected chi connectivity index (χ1v) is 16.5. The molecule has 0 fully saturated rings. The molecule has 0 aliphatic heterocycles. The molecule has 0 aromatic heterocycles. The summed E-state index contributed by atoms with van der Waals surface area (Å²) in [6.45, 7) is 20.1. The topological polar surface area (TPSA) is 62.1 Å². The monoisotopic (exact) mass is 620 g/mol. The van der Waals surface area contributed by atoms with Gasteiger partial charge in [0.15, 0.2) is 0 Å². The smallest absolute Gasteiger partial charge is 0.410 e. The first-order valence-electron chi connectivity index (χ1n) is 16.1. The van der Waals surface area contributed by atoms with Crippen LogP contribution in [-0.4, -0.2) is 54.2 Å². The van der Waals surface area contributed by atoms with E-state index >= 15 is 0 Å². The molecule has 0 heterocycles. The van der Waals surface area contributed by atoms with Crippen LogP contribution in [0.25, 0.3) is 5.57 Å². The number of hydrogen-bond acceptors (Lipinski definition) is 4. The van der Waals surface area contributed by atoms with Crippen molar-refractivity contribution in [2.75, 3.05) is 26.7 Å². The third-order valence-electron chi connectivity index (χ3n) is 8.13. The number of aliphatic imine (C=N–C) groups is 1. The first-order chi connectivity index (χ1) is 20.7. The number of amides is 1. The van der Waals surface area contributed by atoms with Gasteiger partial charge in [0.05, 0.1) is 5.71 Å².